The first-order valence-corrected chi connectivity index (χ1v) is 6.20. The minimum atomic E-state index is 0.468. The van der Waals surface area contributed by atoms with Crippen LogP contribution in [0.5, 0.6) is 11.5 Å². The van der Waals surface area contributed by atoms with E-state index in [-0.39, 0.29) is 0 Å². The zero-order valence-electron chi connectivity index (χ0n) is 11.7. The summed E-state index contributed by atoms with van der Waals surface area (Å²) in [4.78, 5) is 0. The smallest absolute Gasteiger partial charge is 0.161 e. The highest BCUT2D eigenvalue weighted by atomic mass is 16.5. The van der Waals surface area contributed by atoms with Crippen LogP contribution in [0, 0.1) is 0 Å². The number of hydrogen-bond acceptors (Lipinski definition) is 3. The maximum atomic E-state index is 5.63. The lowest BCUT2D eigenvalue weighted by molar-refractivity contribution is 0.319. The molecule has 0 spiro atoms. The summed E-state index contributed by atoms with van der Waals surface area (Å²) in [6.45, 7) is 11.3. The molecule has 0 fully saturated rings. The predicted molar refractivity (Wildman–Crippen MR) is 75.3 cm³/mol. The first kappa shape index (κ1) is 14.6. The molecule has 0 atom stereocenters. The zero-order valence-corrected chi connectivity index (χ0v) is 11.7. The molecule has 0 saturated carbocycles. The van der Waals surface area contributed by atoms with Crippen LogP contribution in [0.2, 0.25) is 0 Å². The van der Waals surface area contributed by atoms with E-state index in [4.69, 9.17) is 9.47 Å². The van der Waals surface area contributed by atoms with Gasteiger partial charge in [-0.1, -0.05) is 26.5 Å². The second kappa shape index (κ2) is 7.07. The largest absolute Gasteiger partial charge is 0.493 e. The van der Waals surface area contributed by atoms with Crippen LogP contribution in [0.1, 0.15) is 26.3 Å². The van der Waals surface area contributed by atoms with Crippen LogP contribution in [-0.4, -0.2) is 19.8 Å². The fraction of sp³-hybridized carbons (Fsp3) is 0.467. The average Bonchev–Trinajstić information content (AvgIpc) is 2.34. The van der Waals surface area contributed by atoms with Gasteiger partial charge >= 0.3 is 0 Å². The van der Waals surface area contributed by atoms with E-state index in [0.29, 0.717) is 12.6 Å². The third-order valence-corrected chi connectivity index (χ3v) is 2.42. The van der Waals surface area contributed by atoms with Gasteiger partial charge in [0.25, 0.3) is 0 Å². The van der Waals surface area contributed by atoms with E-state index in [9.17, 15) is 0 Å². The van der Waals surface area contributed by atoms with E-state index in [1.54, 1.807) is 7.11 Å². The summed E-state index contributed by atoms with van der Waals surface area (Å²) in [6.07, 6.45) is 0. The Labute approximate surface area is 110 Å². The quantitative estimate of drug-likeness (QED) is 0.753. The van der Waals surface area contributed by atoms with Gasteiger partial charge in [0.05, 0.1) is 7.11 Å². The first-order chi connectivity index (χ1) is 8.52. The molecule has 1 aromatic carbocycles. The summed E-state index contributed by atoms with van der Waals surface area (Å²) >= 11 is 0. The van der Waals surface area contributed by atoms with E-state index in [1.807, 2.05) is 25.1 Å². The molecule has 0 aromatic heterocycles. The van der Waals surface area contributed by atoms with Gasteiger partial charge in [-0.15, -0.1) is 0 Å². The molecule has 1 aromatic rings. The molecule has 0 radical (unpaired) electrons. The fourth-order valence-electron chi connectivity index (χ4n) is 1.46. The van der Waals surface area contributed by atoms with Crippen molar-refractivity contribution in [1.29, 1.82) is 0 Å². The standard InChI is InChI=1S/C15H23NO2/c1-11(2)10-18-14-7-6-13(8-15(14)17-5)9-16-12(3)4/h6-8,12,16H,1,9-10H2,2-5H3. The van der Waals surface area contributed by atoms with E-state index >= 15 is 0 Å². The van der Waals surface area contributed by atoms with Gasteiger partial charge in [-0.3, -0.25) is 0 Å². The van der Waals surface area contributed by atoms with Gasteiger partial charge in [-0.05, 0) is 30.2 Å². The van der Waals surface area contributed by atoms with Crippen LogP contribution < -0.4 is 14.8 Å². The molecule has 0 unspecified atom stereocenters. The lowest BCUT2D eigenvalue weighted by Crippen LogP contribution is -2.21. The van der Waals surface area contributed by atoms with Crippen molar-refractivity contribution in [3.05, 3.63) is 35.9 Å². The minimum absolute atomic E-state index is 0.468. The van der Waals surface area contributed by atoms with Gasteiger partial charge in [0, 0.05) is 12.6 Å². The van der Waals surface area contributed by atoms with Gasteiger partial charge in [0.1, 0.15) is 6.61 Å². The Balaban J connectivity index is 2.73. The molecular formula is C15H23NO2. The number of ether oxygens (including phenoxy) is 2. The monoisotopic (exact) mass is 249 g/mol. The van der Waals surface area contributed by atoms with Gasteiger partial charge in [0.2, 0.25) is 0 Å². The molecule has 0 amide bonds. The highest BCUT2D eigenvalue weighted by molar-refractivity contribution is 5.43. The summed E-state index contributed by atoms with van der Waals surface area (Å²) in [6, 6.07) is 6.46. The van der Waals surface area contributed by atoms with Crippen LogP contribution in [0.4, 0.5) is 0 Å². The van der Waals surface area contributed by atoms with Crippen molar-refractivity contribution in [2.75, 3.05) is 13.7 Å². The normalized spacial score (nSPS) is 10.5. The molecule has 0 heterocycles. The van der Waals surface area contributed by atoms with Gasteiger partial charge in [-0.2, -0.15) is 0 Å². The van der Waals surface area contributed by atoms with Crippen molar-refractivity contribution in [3.63, 3.8) is 0 Å². The van der Waals surface area contributed by atoms with Crippen molar-refractivity contribution in [2.24, 2.45) is 0 Å². The van der Waals surface area contributed by atoms with Crippen LogP contribution in [0.25, 0.3) is 0 Å². The average molecular weight is 249 g/mol. The Morgan fingerprint density at radius 1 is 1.33 bits per heavy atom. The second-order valence-corrected chi connectivity index (χ2v) is 4.77. The number of hydrogen-bond donors (Lipinski definition) is 1. The van der Waals surface area contributed by atoms with Crippen molar-refractivity contribution in [2.45, 2.75) is 33.4 Å². The highest BCUT2D eigenvalue weighted by Crippen LogP contribution is 2.28. The number of rotatable bonds is 7. The van der Waals surface area contributed by atoms with Crippen LogP contribution in [0.15, 0.2) is 30.4 Å². The number of methoxy groups -OCH3 is 1. The van der Waals surface area contributed by atoms with Crippen molar-refractivity contribution >= 4 is 0 Å². The highest BCUT2D eigenvalue weighted by Gasteiger charge is 2.06. The summed E-state index contributed by atoms with van der Waals surface area (Å²) in [7, 11) is 1.66. The lowest BCUT2D eigenvalue weighted by Gasteiger charge is -2.13. The molecule has 0 bridgehead atoms. The maximum Gasteiger partial charge on any atom is 0.161 e. The van der Waals surface area contributed by atoms with E-state index in [1.165, 1.54) is 5.56 Å². The molecule has 1 rings (SSSR count). The molecule has 3 heteroatoms. The molecule has 1 N–H and O–H groups in total. The summed E-state index contributed by atoms with van der Waals surface area (Å²) < 4.78 is 11.0. The van der Waals surface area contributed by atoms with Crippen molar-refractivity contribution in [1.82, 2.24) is 5.32 Å². The second-order valence-electron chi connectivity index (χ2n) is 4.77. The molecule has 18 heavy (non-hydrogen) atoms. The topological polar surface area (TPSA) is 30.5 Å². The molecule has 100 valence electrons. The van der Waals surface area contributed by atoms with Gasteiger partial charge in [-0.25, -0.2) is 0 Å². The van der Waals surface area contributed by atoms with Crippen molar-refractivity contribution < 1.29 is 9.47 Å². The van der Waals surface area contributed by atoms with E-state index < -0.39 is 0 Å². The summed E-state index contributed by atoms with van der Waals surface area (Å²) in [5.74, 6) is 1.52. The van der Waals surface area contributed by atoms with E-state index in [0.717, 1.165) is 23.6 Å². The van der Waals surface area contributed by atoms with Gasteiger partial charge < -0.3 is 14.8 Å². The van der Waals surface area contributed by atoms with Crippen LogP contribution in [-0.2, 0) is 6.54 Å². The minimum Gasteiger partial charge on any atom is -0.493 e. The Hall–Kier alpha value is -1.48. The van der Waals surface area contributed by atoms with Crippen LogP contribution in [0.3, 0.4) is 0 Å². The molecule has 0 aliphatic heterocycles. The zero-order chi connectivity index (χ0) is 13.5. The van der Waals surface area contributed by atoms with E-state index in [2.05, 4.69) is 25.7 Å². The summed E-state index contributed by atoms with van der Waals surface area (Å²) in [5.41, 5.74) is 2.17. The lowest BCUT2D eigenvalue weighted by atomic mass is 10.2. The van der Waals surface area contributed by atoms with Crippen LogP contribution >= 0.6 is 0 Å². The molecule has 3 nitrogen and oxygen atoms in total. The van der Waals surface area contributed by atoms with Gasteiger partial charge in [0.15, 0.2) is 11.5 Å². The predicted octanol–water partition coefficient (Wildman–Crippen LogP) is 3.15. The molecular weight excluding hydrogens is 226 g/mol. The first-order valence-electron chi connectivity index (χ1n) is 6.20. The Morgan fingerprint density at radius 3 is 2.61 bits per heavy atom. The molecule has 0 aliphatic carbocycles. The fourth-order valence-corrected chi connectivity index (χ4v) is 1.46. The number of nitrogens with one attached hydrogen (secondary N) is 1. The molecule has 0 aliphatic rings. The number of benzene rings is 1. The Kier molecular flexibility index (Phi) is 5.72. The Morgan fingerprint density at radius 2 is 2.06 bits per heavy atom. The molecule has 0 saturated heterocycles. The Bertz CT molecular complexity index is 399. The SMILES string of the molecule is C=C(C)COc1ccc(CNC(C)C)cc1OC. The third-order valence-electron chi connectivity index (χ3n) is 2.42. The van der Waals surface area contributed by atoms with Crippen molar-refractivity contribution in [3.8, 4) is 11.5 Å². The summed E-state index contributed by atoms with van der Waals surface area (Å²) in [5, 5.41) is 3.37. The third kappa shape index (κ3) is 4.80. The maximum absolute atomic E-state index is 5.63.